The summed E-state index contributed by atoms with van der Waals surface area (Å²) in [5, 5.41) is 3.36. The monoisotopic (exact) mass is 234 g/mol. The molecule has 17 heavy (non-hydrogen) atoms. The van der Waals surface area contributed by atoms with Gasteiger partial charge in [-0.05, 0) is 43.9 Å². The van der Waals surface area contributed by atoms with Gasteiger partial charge in [-0.3, -0.25) is 0 Å². The maximum Gasteiger partial charge on any atom is 0.337 e. The van der Waals surface area contributed by atoms with Gasteiger partial charge in [0.05, 0.1) is 24.0 Å². The van der Waals surface area contributed by atoms with Crippen LogP contribution in [0, 0.1) is 5.92 Å². The second kappa shape index (κ2) is 4.65. The van der Waals surface area contributed by atoms with Gasteiger partial charge in [0.2, 0.25) is 0 Å². The number of carbonyl (C=O) groups is 1. The number of benzene rings is 1. The standard InChI is InChI=1S/C13H18N2O2/c1-8(9-3-4-9)15-12-7-10(13(16)17-2)5-6-11(12)14/h5-9,15H,3-4,14H2,1-2H3/t8-/m1/s1. The van der Waals surface area contributed by atoms with Crippen LogP contribution in [0.25, 0.3) is 0 Å². The first-order valence-electron chi connectivity index (χ1n) is 5.86. The van der Waals surface area contributed by atoms with Gasteiger partial charge in [0, 0.05) is 6.04 Å². The van der Waals surface area contributed by atoms with Gasteiger partial charge in [0.15, 0.2) is 0 Å². The summed E-state index contributed by atoms with van der Waals surface area (Å²) in [6.07, 6.45) is 2.54. The van der Waals surface area contributed by atoms with Crippen LogP contribution in [0.2, 0.25) is 0 Å². The number of hydrogen-bond acceptors (Lipinski definition) is 4. The number of anilines is 2. The molecule has 1 aromatic carbocycles. The molecule has 0 bridgehead atoms. The highest BCUT2D eigenvalue weighted by Crippen LogP contribution is 2.35. The molecule has 0 heterocycles. The molecule has 0 aromatic heterocycles. The molecule has 0 radical (unpaired) electrons. The van der Waals surface area contributed by atoms with E-state index in [1.54, 1.807) is 18.2 Å². The molecule has 0 amide bonds. The molecule has 4 heteroatoms. The fraction of sp³-hybridized carbons (Fsp3) is 0.462. The van der Waals surface area contributed by atoms with Crippen LogP contribution in [0.4, 0.5) is 11.4 Å². The summed E-state index contributed by atoms with van der Waals surface area (Å²) in [6.45, 7) is 2.14. The lowest BCUT2D eigenvalue weighted by Gasteiger charge is -2.16. The number of nitrogen functional groups attached to an aromatic ring is 1. The zero-order valence-electron chi connectivity index (χ0n) is 10.2. The largest absolute Gasteiger partial charge is 0.465 e. The number of methoxy groups -OCH3 is 1. The topological polar surface area (TPSA) is 64.3 Å². The summed E-state index contributed by atoms with van der Waals surface area (Å²) in [4.78, 5) is 11.4. The molecular weight excluding hydrogens is 216 g/mol. The number of ether oxygens (including phenoxy) is 1. The second-order valence-electron chi connectivity index (χ2n) is 4.56. The Hall–Kier alpha value is -1.71. The van der Waals surface area contributed by atoms with E-state index >= 15 is 0 Å². The first-order chi connectivity index (χ1) is 8.11. The van der Waals surface area contributed by atoms with Gasteiger partial charge in [0.1, 0.15) is 0 Å². The fourth-order valence-corrected chi connectivity index (χ4v) is 1.89. The normalized spacial score (nSPS) is 16.4. The fourth-order valence-electron chi connectivity index (χ4n) is 1.89. The zero-order valence-corrected chi connectivity index (χ0v) is 10.2. The van der Waals surface area contributed by atoms with E-state index in [9.17, 15) is 4.79 Å². The molecule has 0 unspecified atom stereocenters. The van der Waals surface area contributed by atoms with Crippen LogP contribution in [0.3, 0.4) is 0 Å². The summed E-state index contributed by atoms with van der Waals surface area (Å²) < 4.78 is 4.69. The van der Waals surface area contributed by atoms with Gasteiger partial charge in [0.25, 0.3) is 0 Å². The van der Waals surface area contributed by atoms with Crippen LogP contribution in [-0.4, -0.2) is 19.1 Å². The third kappa shape index (κ3) is 2.70. The van der Waals surface area contributed by atoms with Crippen molar-refractivity contribution < 1.29 is 9.53 Å². The highest BCUT2D eigenvalue weighted by Gasteiger charge is 2.28. The summed E-state index contributed by atoms with van der Waals surface area (Å²) in [6, 6.07) is 5.55. The van der Waals surface area contributed by atoms with Crippen molar-refractivity contribution >= 4 is 17.3 Å². The maximum absolute atomic E-state index is 11.4. The average molecular weight is 234 g/mol. The predicted octanol–water partition coefficient (Wildman–Crippen LogP) is 2.27. The summed E-state index contributed by atoms with van der Waals surface area (Å²) in [5.41, 5.74) is 7.88. The minimum Gasteiger partial charge on any atom is -0.465 e. The van der Waals surface area contributed by atoms with Crippen LogP contribution >= 0.6 is 0 Å². The molecule has 1 fully saturated rings. The Morgan fingerprint density at radius 3 is 2.82 bits per heavy atom. The van der Waals surface area contributed by atoms with Gasteiger partial charge < -0.3 is 15.8 Å². The van der Waals surface area contributed by atoms with Crippen LogP contribution in [0.1, 0.15) is 30.1 Å². The van der Waals surface area contributed by atoms with E-state index in [2.05, 4.69) is 17.0 Å². The minimum absolute atomic E-state index is 0.341. The average Bonchev–Trinajstić information content (AvgIpc) is 3.14. The lowest BCUT2D eigenvalue weighted by atomic mass is 10.1. The van der Waals surface area contributed by atoms with Crippen molar-refractivity contribution in [3.8, 4) is 0 Å². The Bertz CT molecular complexity index is 427. The second-order valence-corrected chi connectivity index (χ2v) is 4.56. The van der Waals surface area contributed by atoms with Crippen molar-refractivity contribution in [3.05, 3.63) is 23.8 Å². The Morgan fingerprint density at radius 2 is 2.24 bits per heavy atom. The third-order valence-electron chi connectivity index (χ3n) is 3.19. The number of nitrogens with one attached hydrogen (secondary N) is 1. The molecular formula is C13H18N2O2. The van der Waals surface area contributed by atoms with Crippen LogP contribution < -0.4 is 11.1 Å². The van der Waals surface area contributed by atoms with E-state index in [1.165, 1.54) is 20.0 Å². The van der Waals surface area contributed by atoms with Gasteiger partial charge in [-0.2, -0.15) is 0 Å². The van der Waals surface area contributed by atoms with Gasteiger partial charge >= 0.3 is 5.97 Å². The van der Waals surface area contributed by atoms with Crippen molar-refractivity contribution in [3.63, 3.8) is 0 Å². The van der Waals surface area contributed by atoms with Crippen molar-refractivity contribution in [1.82, 2.24) is 0 Å². The Kier molecular flexibility index (Phi) is 3.22. The van der Waals surface area contributed by atoms with Crippen molar-refractivity contribution in [2.24, 2.45) is 5.92 Å². The van der Waals surface area contributed by atoms with E-state index in [1.807, 2.05) is 0 Å². The molecule has 1 aliphatic rings. The van der Waals surface area contributed by atoms with Gasteiger partial charge in [-0.25, -0.2) is 4.79 Å². The minimum atomic E-state index is -0.341. The highest BCUT2D eigenvalue weighted by atomic mass is 16.5. The van der Waals surface area contributed by atoms with E-state index in [4.69, 9.17) is 5.73 Å². The molecule has 3 N–H and O–H groups in total. The van der Waals surface area contributed by atoms with Crippen LogP contribution in [0.15, 0.2) is 18.2 Å². The lowest BCUT2D eigenvalue weighted by molar-refractivity contribution is 0.0601. The number of esters is 1. The Morgan fingerprint density at radius 1 is 1.53 bits per heavy atom. The molecule has 1 atom stereocenters. The molecule has 1 aliphatic carbocycles. The molecule has 1 aromatic rings. The number of hydrogen-bond donors (Lipinski definition) is 2. The Balaban J connectivity index is 2.16. The van der Waals surface area contributed by atoms with E-state index in [-0.39, 0.29) is 5.97 Å². The zero-order chi connectivity index (χ0) is 12.4. The van der Waals surface area contributed by atoms with Crippen LogP contribution in [-0.2, 0) is 4.74 Å². The van der Waals surface area contributed by atoms with Gasteiger partial charge in [-0.15, -0.1) is 0 Å². The van der Waals surface area contributed by atoms with Crippen molar-refractivity contribution in [1.29, 1.82) is 0 Å². The number of rotatable bonds is 4. The Labute approximate surface area is 101 Å². The molecule has 92 valence electrons. The van der Waals surface area contributed by atoms with E-state index in [0.717, 1.165) is 11.6 Å². The molecule has 1 saturated carbocycles. The summed E-state index contributed by atoms with van der Waals surface area (Å²) >= 11 is 0. The quantitative estimate of drug-likeness (QED) is 0.619. The molecule has 0 saturated heterocycles. The molecule has 4 nitrogen and oxygen atoms in total. The lowest BCUT2D eigenvalue weighted by Crippen LogP contribution is -2.18. The van der Waals surface area contributed by atoms with Crippen LogP contribution in [0.5, 0.6) is 0 Å². The maximum atomic E-state index is 11.4. The van der Waals surface area contributed by atoms with Gasteiger partial charge in [-0.1, -0.05) is 0 Å². The smallest absolute Gasteiger partial charge is 0.337 e. The summed E-state index contributed by atoms with van der Waals surface area (Å²) in [7, 11) is 1.37. The number of nitrogens with two attached hydrogens (primary N) is 1. The van der Waals surface area contributed by atoms with Crippen molar-refractivity contribution in [2.45, 2.75) is 25.8 Å². The molecule has 0 aliphatic heterocycles. The number of carbonyl (C=O) groups excluding carboxylic acids is 1. The SMILES string of the molecule is COC(=O)c1ccc(N)c(N[C@H](C)C2CC2)c1. The summed E-state index contributed by atoms with van der Waals surface area (Å²) in [5.74, 6) is 0.392. The van der Waals surface area contributed by atoms with Crippen molar-refractivity contribution in [2.75, 3.05) is 18.2 Å². The predicted molar refractivity (Wildman–Crippen MR) is 68.0 cm³/mol. The molecule has 0 spiro atoms. The van der Waals surface area contributed by atoms with E-state index in [0.29, 0.717) is 17.3 Å². The molecule has 2 rings (SSSR count). The first kappa shape index (κ1) is 11.8. The highest BCUT2D eigenvalue weighted by molar-refractivity contribution is 5.91. The van der Waals surface area contributed by atoms with E-state index < -0.39 is 0 Å². The third-order valence-corrected chi connectivity index (χ3v) is 3.19. The first-order valence-corrected chi connectivity index (χ1v) is 5.86.